The summed E-state index contributed by atoms with van der Waals surface area (Å²) in [6, 6.07) is 11.4. The van der Waals surface area contributed by atoms with Crippen LogP contribution in [-0.2, 0) is 4.79 Å². The van der Waals surface area contributed by atoms with Crippen LogP contribution < -0.4 is 5.32 Å². The fourth-order valence-corrected chi connectivity index (χ4v) is 4.92. The SMILES string of the molecule is O=C(NCC1(CO)CCC1)[C@H]1C[C@@H](c2ccccc2)N2CCC[C@H]12. The highest BCUT2D eigenvalue weighted by Gasteiger charge is 2.47. The molecular formula is C20H28N2O2. The van der Waals surface area contributed by atoms with Gasteiger partial charge < -0.3 is 10.4 Å². The van der Waals surface area contributed by atoms with Crippen LogP contribution in [0.2, 0.25) is 0 Å². The second-order valence-corrected chi connectivity index (χ2v) is 7.95. The first-order chi connectivity index (χ1) is 11.7. The van der Waals surface area contributed by atoms with Crippen molar-refractivity contribution in [2.75, 3.05) is 19.7 Å². The highest BCUT2D eigenvalue weighted by molar-refractivity contribution is 5.80. The zero-order chi connectivity index (χ0) is 16.6. The molecule has 2 saturated heterocycles. The number of aliphatic hydroxyl groups excluding tert-OH is 1. The van der Waals surface area contributed by atoms with Gasteiger partial charge in [-0.25, -0.2) is 0 Å². The molecule has 1 aromatic rings. The molecule has 0 radical (unpaired) electrons. The standard InChI is InChI=1S/C20H28N2O2/c23-14-20(9-5-10-20)13-21-19(24)16-12-18(15-6-2-1-3-7-15)22-11-4-8-17(16)22/h1-3,6-7,16-18,23H,4-5,8-14H2,(H,21,24)/t16-,17+,18-/m0/s1. The molecule has 1 aliphatic carbocycles. The number of aliphatic hydroxyl groups is 1. The van der Waals surface area contributed by atoms with Crippen LogP contribution in [0.1, 0.15) is 50.1 Å². The highest BCUT2D eigenvalue weighted by atomic mass is 16.3. The van der Waals surface area contributed by atoms with Crippen LogP contribution in [0, 0.1) is 11.3 Å². The number of fused-ring (bicyclic) bond motifs is 1. The Labute approximate surface area is 144 Å². The molecule has 4 heteroatoms. The van der Waals surface area contributed by atoms with Crippen molar-refractivity contribution >= 4 is 5.91 Å². The van der Waals surface area contributed by atoms with Gasteiger partial charge >= 0.3 is 0 Å². The lowest BCUT2D eigenvalue weighted by atomic mass is 9.69. The van der Waals surface area contributed by atoms with Crippen molar-refractivity contribution in [2.24, 2.45) is 11.3 Å². The summed E-state index contributed by atoms with van der Waals surface area (Å²) in [6.45, 7) is 1.94. The maximum atomic E-state index is 12.8. The molecule has 1 saturated carbocycles. The van der Waals surface area contributed by atoms with E-state index in [9.17, 15) is 9.90 Å². The van der Waals surface area contributed by atoms with E-state index in [1.54, 1.807) is 0 Å². The molecule has 2 heterocycles. The van der Waals surface area contributed by atoms with Gasteiger partial charge in [0.25, 0.3) is 0 Å². The molecule has 3 atom stereocenters. The van der Waals surface area contributed by atoms with Crippen LogP contribution >= 0.6 is 0 Å². The molecule has 0 spiro atoms. The second-order valence-electron chi connectivity index (χ2n) is 7.95. The van der Waals surface area contributed by atoms with Gasteiger partial charge in [0.05, 0.1) is 12.5 Å². The minimum absolute atomic E-state index is 0.0392. The second kappa shape index (κ2) is 6.49. The summed E-state index contributed by atoms with van der Waals surface area (Å²) in [4.78, 5) is 15.4. The zero-order valence-corrected chi connectivity index (χ0v) is 14.3. The van der Waals surface area contributed by atoms with Crippen LogP contribution in [0.15, 0.2) is 30.3 Å². The number of hydrogen-bond acceptors (Lipinski definition) is 3. The number of amides is 1. The summed E-state index contributed by atoms with van der Waals surface area (Å²) < 4.78 is 0. The molecular weight excluding hydrogens is 300 g/mol. The van der Waals surface area contributed by atoms with Gasteiger partial charge in [-0.05, 0) is 44.2 Å². The molecule has 4 rings (SSSR count). The van der Waals surface area contributed by atoms with Gasteiger partial charge in [0.2, 0.25) is 5.91 Å². The molecule has 3 fully saturated rings. The minimum atomic E-state index is -0.0392. The zero-order valence-electron chi connectivity index (χ0n) is 14.3. The molecule has 1 aromatic carbocycles. The van der Waals surface area contributed by atoms with Gasteiger partial charge in [-0.2, -0.15) is 0 Å². The summed E-state index contributed by atoms with van der Waals surface area (Å²) >= 11 is 0. The first-order valence-corrected chi connectivity index (χ1v) is 9.42. The Bertz CT molecular complexity index is 579. The highest BCUT2D eigenvalue weighted by Crippen LogP contribution is 2.45. The van der Waals surface area contributed by atoms with E-state index in [-0.39, 0.29) is 23.8 Å². The molecule has 24 heavy (non-hydrogen) atoms. The normalized spacial score (nSPS) is 31.5. The topological polar surface area (TPSA) is 52.6 Å². The Hall–Kier alpha value is -1.39. The molecule has 0 unspecified atom stereocenters. The van der Waals surface area contributed by atoms with E-state index in [4.69, 9.17) is 0 Å². The summed E-state index contributed by atoms with van der Waals surface area (Å²) in [7, 11) is 0. The number of carbonyl (C=O) groups excluding carboxylic acids is 1. The molecule has 2 N–H and O–H groups in total. The summed E-state index contributed by atoms with van der Waals surface area (Å²) in [5, 5.41) is 12.8. The van der Waals surface area contributed by atoms with Crippen molar-refractivity contribution in [1.29, 1.82) is 0 Å². The first kappa shape index (κ1) is 16.1. The van der Waals surface area contributed by atoms with Crippen LogP contribution in [0.3, 0.4) is 0 Å². The van der Waals surface area contributed by atoms with Gasteiger partial charge in [-0.3, -0.25) is 9.69 Å². The number of nitrogens with zero attached hydrogens (tertiary/aromatic N) is 1. The van der Waals surface area contributed by atoms with Crippen molar-refractivity contribution in [1.82, 2.24) is 10.2 Å². The average Bonchev–Trinajstić information content (AvgIpc) is 3.17. The molecule has 130 valence electrons. The average molecular weight is 328 g/mol. The largest absolute Gasteiger partial charge is 0.396 e. The number of nitrogens with one attached hydrogen (secondary N) is 1. The molecule has 4 nitrogen and oxygen atoms in total. The van der Waals surface area contributed by atoms with Gasteiger partial charge in [-0.1, -0.05) is 36.8 Å². The van der Waals surface area contributed by atoms with Crippen LogP contribution in [0.25, 0.3) is 0 Å². The van der Waals surface area contributed by atoms with E-state index >= 15 is 0 Å². The quantitative estimate of drug-likeness (QED) is 0.873. The number of rotatable bonds is 5. The van der Waals surface area contributed by atoms with Crippen molar-refractivity contribution in [3.8, 4) is 0 Å². The van der Waals surface area contributed by atoms with Crippen LogP contribution in [0.5, 0.6) is 0 Å². The lowest BCUT2D eigenvalue weighted by Crippen LogP contribution is -2.47. The van der Waals surface area contributed by atoms with Gasteiger partial charge in [0.1, 0.15) is 0 Å². The van der Waals surface area contributed by atoms with Crippen molar-refractivity contribution in [3.63, 3.8) is 0 Å². The number of hydrogen-bond donors (Lipinski definition) is 2. The van der Waals surface area contributed by atoms with Crippen LogP contribution in [0.4, 0.5) is 0 Å². The molecule has 1 amide bonds. The first-order valence-electron chi connectivity index (χ1n) is 9.42. The third-order valence-electron chi connectivity index (χ3n) is 6.59. The fraction of sp³-hybridized carbons (Fsp3) is 0.650. The molecule has 3 aliphatic rings. The third kappa shape index (κ3) is 2.76. The van der Waals surface area contributed by atoms with E-state index in [0.29, 0.717) is 18.6 Å². The summed E-state index contributed by atoms with van der Waals surface area (Å²) in [5.41, 5.74) is 1.30. The Morgan fingerprint density at radius 2 is 2.04 bits per heavy atom. The van der Waals surface area contributed by atoms with Crippen molar-refractivity contribution in [3.05, 3.63) is 35.9 Å². The third-order valence-corrected chi connectivity index (χ3v) is 6.59. The Balaban J connectivity index is 1.44. The maximum Gasteiger partial charge on any atom is 0.224 e. The van der Waals surface area contributed by atoms with Gasteiger partial charge in [-0.15, -0.1) is 0 Å². The Kier molecular flexibility index (Phi) is 4.35. The van der Waals surface area contributed by atoms with Crippen LogP contribution in [-0.4, -0.2) is 41.7 Å². The van der Waals surface area contributed by atoms with E-state index in [1.165, 1.54) is 18.4 Å². The van der Waals surface area contributed by atoms with E-state index < -0.39 is 0 Å². The number of benzene rings is 1. The van der Waals surface area contributed by atoms with Crippen molar-refractivity contribution < 1.29 is 9.90 Å². The van der Waals surface area contributed by atoms with Gasteiger partial charge in [0, 0.05) is 24.0 Å². The van der Waals surface area contributed by atoms with Gasteiger partial charge in [0.15, 0.2) is 0 Å². The predicted molar refractivity (Wildman–Crippen MR) is 93.4 cm³/mol. The lowest BCUT2D eigenvalue weighted by molar-refractivity contribution is -0.126. The van der Waals surface area contributed by atoms with Crippen molar-refractivity contribution in [2.45, 2.75) is 50.6 Å². The molecule has 0 aromatic heterocycles. The fourth-order valence-electron chi connectivity index (χ4n) is 4.92. The van der Waals surface area contributed by atoms with E-state index in [1.807, 2.05) is 0 Å². The smallest absolute Gasteiger partial charge is 0.224 e. The molecule has 0 bridgehead atoms. The summed E-state index contributed by atoms with van der Waals surface area (Å²) in [5.74, 6) is 0.290. The lowest BCUT2D eigenvalue weighted by Gasteiger charge is -2.40. The Morgan fingerprint density at radius 3 is 2.71 bits per heavy atom. The Morgan fingerprint density at radius 1 is 1.25 bits per heavy atom. The maximum absolute atomic E-state index is 12.8. The monoisotopic (exact) mass is 328 g/mol. The predicted octanol–water partition coefficient (Wildman–Crippen LogP) is 2.49. The molecule has 2 aliphatic heterocycles. The summed E-state index contributed by atoms with van der Waals surface area (Å²) in [6.07, 6.45) is 6.50. The minimum Gasteiger partial charge on any atom is -0.396 e. The van der Waals surface area contributed by atoms with E-state index in [0.717, 1.165) is 32.2 Å². The number of carbonyl (C=O) groups is 1. The van der Waals surface area contributed by atoms with E-state index in [2.05, 4.69) is 40.5 Å².